The zero-order valence-corrected chi connectivity index (χ0v) is 15.2. The topological polar surface area (TPSA) is 24.8 Å². The minimum Gasteiger partial charge on any atom is -0.464 e. The largest absolute Gasteiger partial charge is 0.464 e. The molecule has 0 aliphatic carbocycles. The van der Waals surface area contributed by atoms with Crippen LogP contribution >= 0.6 is 22.9 Å². The van der Waals surface area contributed by atoms with Crippen LogP contribution in [0.2, 0.25) is 5.02 Å². The third kappa shape index (κ3) is 2.59. The van der Waals surface area contributed by atoms with Crippen molar-refractivity contribution in [3.05, 3.63) is 86.8 Å². The number of halogens is 2. The Morgan fingerprint density at radius 1 is 1.15 bits per heavy atom. The third-order valence-electron chi connectivity index (χ3n) is 4.69. The molecule has 3 heterocycles. The SMILES string of the molecule is Fc1cccc([C@@H]2Oc3ccc(Cl)cc3[C@@H]3CC(c4cccs4)=NN32)c1. The minimum absolute atomic E-state index is 0.0165. The molecule has 26 heavy (non-hydrogen) atoms. The first-order chi connectivity index (χ1) is 12.7. The number of ether oxygens (including phenoxy) is 1. The van der Waals surface area contributed by atoms with Gasteiger partial charge in [-0.05, 0) is 41.8 Å². The van der Waals surface area contributed by atoms with E-state index in [1.54, 1.807) is 17.4 Å². The van der Waals surface area contributed by atoms with Crippen LogP contribution in [0, 0.1) is 5.82 Å². The first-order valence-corrected chi connectivity index (χ1v) is 9.56. The van der Waals surface area contributed by atoms with E-state index >= 15 is 0 Å². The molecule has 1 aromatic heterocycles. The van der Waals surface area contributed by atoms with Gasteiger partial charge in [-0.2, -0.15) is 5.10 Å². The normalized spacial score (nSPS) is 21.0. The zero-order chi connectivity index (χ0) is 17.7. The molecule has 2 atom stereocenters. The van der Waals surface area contributed by atoms with Crippen molar-refractivity contribution in [2.24, 2.45) is 5.10 Å². The van der Waals surface area contributed by atoms with E-state index in [4.69, 9.17) is 21.4 Å². The molecule has 0 amide bonds. The van der Waals surface area contributed by atoms with E-state index in [1.807, 2.05) is 40.7 Å². The number of hydrogen-bond acceptors (Lipinski definition) is 4. The van der Waals surface area contributed by atoms with Crippen LogP contribution < -0.4 is 4.74 Å². The maximum absolute atomic E-state index is 13.8. The Balaban J connectivity index is 1.63. The number of hydrazone groups is 1. The molecular weight excluding hydrogens is 371 g/mol. The van der Waals surface area contributed by atoms with E-state index in [1.165, 1.54) is 12.1 Å². The Morgan fingerprint density at radius 2 is 2.08 bits per heavy atom. The predicted octanol–water partition coefficient (Wildman–Crippen LogP) is 5.78. The second-order valence-corrected chi connectivity index (χ2v) is 7.72. The first kappa shape index (κ1) is 15.9. The Kier molecular flexibility index (Phi) is 3.72. The van der Waals surface area contributed by atoms with Gasteiger partial charge in [-0.15, -0.1) is 11.3 Å². The van der Waals surface area contributed by atoms with Gasteiger partial charge in [-0.25, -0.2) is 9.40 Å². The van der Waals surface area contributed by atoms with Gasteiger partial charge in [0.25, 0.3) is 0 Å². The molecule has 2 aliphatic heterocycles. The summed E-state index contributed by atoms with van der Waals surface area (Å²) < 4.78 is 20.0. The van der Waals surface area contributed by atoms with Gasteiger partial charge in [-0.3, -0.25) is 0 Å². The third-order valence-corrected chi connectivity index (χ3v) is 5.85. The summed E-state index contributed by atoms with van der Waals surface area (Å²) in [5.41, 5.74) is 2.77. The second kappa shape index (κ2) is 6.11. The van der Waals surface area contributed by atoms with Gasteiger partial charge < -0.3 is 4.74 Å². The van der Waals surface area contributed by atoms with E-state index in [2.05, 4.69) is 6.07 Å². The monoisotopic (exact) mass is 384 g/mol. The summed E-state index contributed by atoms with van der Waals surface area (Å²) in [6, 6.07) is 16.2. The Bertz CT molecular complexity index is 1000. The van der Waals surface area contributed by atoms with Gasteiger partial charge in [-0.1, -0.05) is 29.8 Å². The average molecular weight is 385 g/mol. The highest BCUT2D eigenvalue weighted by atomic mass is 35.5. The molecule has 0 fully saturated rings. The molecule has 0 spiro atoms. The van der Waals surface area contributed by atoms with Crippen molar-refractivity contribution in [3.63, 3.8) is 0 Å². The fourth-order valence-corrected chi connectivity index (χ4v) is 4.43. The van der Waals surface area contributed by atoms with E-state index in [0.717, 1.165) is 33.9 Å². The highest BCUT2D eigenvalue weighted by Gasteiger charge is 2.41. The lowest BCUT2D eigenvalue weighted by atomic mass is 9.97. The number of rotatable bonds is 2. The lowest BCUT2D eigenvalue weighted by Gasteiger charge is -2.38. The van der Waals surface area contributed by atoms with Gasteiger partial charge in [0.15, 0.2) is 0 Å². The number of hydrogen-bond donors (Lipinski definition) is 0. The number of nitrogens with zero attached hydrogens (tertiary/aromatic N) is 2. The summed E-state index contributed by atoms with van der Waals surface area (Å²) in [7, 11) is 0. The number of benzene rings is 2. The van der Waals surface area contributed by atoms with Crippen molar-refractivity contribution < 1.29 is 9.13 Å². The lowest BCUT2D eigenvalue weighted by molar-refractivity contribution is -0.0192. The van der Waals surface area contributed by atoms with E-state index in [-0.39, 0.29) is 11.9 Å². The quantitative estimate of drug-likeness (QED) is 0.559. The molecule has 2 aliphatic rings. The molecule has 0 saturated carbocycles. The summed E-state index contributed by atoms with van der Waals surface area (Å²) in [4.78, 5) is 1.14. The van der Waals surface area contributed by atoms with Crippen molar-refractivity contribution in [3.8, 4) is 5.75 Å². The highest BCUT2D eigenvalue weighted by Crippen LogP contribution is 2.48. The van der Waals surface area contributed by atoms with Gasteiger partial charge in [0, 0.05) is 22.6 Å². The fraction of sp³-hybridized carbons (Fsp3) is 0.150. The summed E-state index contributed by atoms with van der Waals surface area (Å²) in [6.45, 7) is 0. The van der Waals surface area contributed by atoms with E-state index in [9.17, 15) is 4.39 Å². The van der Waals surface area contributed by atoms with Crippen LogP contribution in [0.15, 0.2) is 65.1 Å². The smallest absolute Gasteiger partial charge is 0.213 e. The highest BCUT2D eigenvalue weighted by molar-refractivity contribution is 7.12. The lowest BCUT2D eigenvalue weighted by Crippen LogP contribution is -2.33. The van der Waals surface area contributed by atoms with Gasteiger partial charge in [0.2, 0.25) is 6.23 Å². The van der Waals surface area contributed by atoms with Gasteiger partial charge in [0.1, 0.15) is 11.6 Å². The molecule has 6 heteroatoms. The molecule has 3 aromatic rings. The van der Waals surface area contributed by atoms with Crippen LogP contribution in [-0.2, 0) is 0 Å². The summed E-state index contributed by atoms with van der Waals surface area (Å²) >= 11 is 7.88. The molecule has 0 bridgehead atoms. The molecule has 0 N–H and O–H groups in total. The van der Waals surface area contributed by atoms with Crippen LogP contribution in [0.5, 0.6) is 5.75 Å². The molecule has 2 aromatic carbocycles. The molecule has 0 unspecified atom stereocenters. The Hall–Kier alpha value is -2.37. The zero-order valence-electron chi connectivity index (χ0n) is 13.6. The number of thiophene rings is 1. The average Bonchev–Trinajstić information content (AvgIpc) is 3.31. The maximum atomic E-state index is 13.8. The first-order valence-electron chi connectivity index (χ1n) is 8.30. The molecule has 0 saturated heterocycles. The van der Waals surface area contributed by atoms with E-state index in [0.29, 0.717) is 5.02 Å². The van der Waals surface area contributed by atoms with Crippen LogP contribution in [0.4, 0.5) is 4.39 Å². The van der Waals surface area contributed by atoms with Crippen molar-refractivity contribution in [1.82, 2.24) is 5.01 Å². The molecule has 0 radical (unpaired) electrons. The van der Waals surface area contributed by atoms with Crippen LogP contribution in [0.3, 0.4) is 0 Å². The fourth-order valence-electron chi connectivity index (χ4n) is 3.53. The molecule has 5 rings (SSSR count). The second-order valence-electron chi connectivity index (χ2n) is 6.33. The molecular formula is C20H14ClFN2OS. The molecule has 130 valence electrons. The standard InChI is InChI=1S/C20H14ClFN2OS/c21-13-6-7-18-15(10-13)17-11-16(19-5-2-8-26-19)23-24(17)20(25-18)12-3-1-4-14(22)9-12/h1-10,17,20H,11H2/t17-,20-/m0/s1. The van der Waals surface area contributed by atoms with Crippen LogP contribution in [0.1, 0.15) is 34.7 Å². The number of fused-ring (bicyclic) bond motifs is 3. The maximum Gasteiger partial charge on any atom is 0.213 e. The van der Waals surface area contributed by atoms with Crippen molar-refractivity contribution >= 4 is 28.6 Å². The van der Waals surface area contributed by atoms with Gasteiger partial charge in [0.05, 0.1) is 16.6 Å². The predicted molar refractivity (Wildman–Crippen MR) is 101 cm³/mol. The van der Waals surface area contributed by atoms with Crippen molar-refractivity contribution in [1.29, 1.82) is 0 Å². The molecule has 3 nitrogen and oxygen atoms in total. The summed E-state index contributed by atoms with van der Waals surface area (Å²) in [5.74, 6) is 0.485. The summed E-state index contributed by atoms with van der Waals surface area (Å²) in [6.07, 6.45) is 0.296. The van der Waals surface area contributed by atoms with E-state index < -0.39 is 6.23 Å². The van der Waals surface area contributed by atoms with Crippen LogP contribution in [-0.4, -0.2) is 10.7 Å². The van der Waals surface area contributed by atoms with Crippen molar-refractivity contribution in [2.75, 3.05) is 0 Å². The van der Waals surface area contributed by atoms with Crippen molar-refractivity contribution in [2.45, 2.75) is 18.7 Å². The minimum atomic E-state index is -0.471. The van der Waals surface area contributed by atoms with Crippen LogP contribution in [0.25, 0.3) is 0 Å². The Morgan fingerprint density at radius 3 is 2.88 bits per heavy atom. The Labute approximate surface area is 159 Å². The summed E-state index contributed by atoms with van der Waals surface area (Å²) in [5, 5.41) is 9.48. The van der Waals surface area contributed by atoms with Gasteiger partial charge >= 0.3 is 0 Å².